The highest BCUT2D eigenvalue weighted by Crippen LogP contribution is 2.30. The Labute approximate surface area is 127 Å². The molecule has 10 heteroatoms. The lowest BCUT2D eigenvalue weighted by molar-refractivity contribution is -0.141. The summed E-state index contributed by atoms with van der Waals surface area (Å²) >= 11 is 0. The van der Waals surface area contributed by atoms with Gasteiger partial charge in [0.15, 0.2) is 5.69 Å². The van der Waals surface area contributed by atoms with Crippen LogP contribution in [0.4, 0.5) is 35.0 Å². The van der Waals surface area contributed by atoms with Gasteiger partial charge < -0.3 is 15.7 Å². The molecule has 23 heavy (non-hydrogen) atoms. The van der Waals surface area contributed by atoms with Gasteiger partial charge in [0.05, 0.1) is 0 Å². The first-order chi connectivity index (χ1) is 10.7. The topological polar surface area (TPSA) is 87.1 Å². The van der Waals surface area contributed by atoms with E-state index in [2.05, 4.69) is 20.6 Å². The van der Waals surface area contributed by atoms with Crippen molar-refractivity contribution in [2.45, 2.75) is 6.18 Å². The number of carbonyl (C=O) groups is 1. The first-order valence-corrected chi connectivity index (χ1v) is 6.18. The molecule has 0 fully saturated rings. The third-order valence-corrected chi connectivity index (χ3v) is 2.53. The van der Waals surface area contributed by atoms with Gasteiger partial charge in [-0.15, -0.1) is 0 Å². The summed E-state index contributed by atoms with van der Waals surface area (Å²) in [6.45, 7) is -0.642. The van der Waals surface area contributed by atoms with Crippen LogP contribution >= 0.6 is 0 Å². The maximum Gasteiger partial charge on any atom is 0.433 e. The van der Waals surface area contributed by atoms with Crippen LogP contribution in [0.3, 0.4) is 0 Å². The van der Waals surface area contributed by atoms with Crippen LogP contribution in [0.25, 0.3) is 0 Å². The zero-order chi connectivity index (χ0) is 17.0. The molecule has 0 aliphatic rings. The predicted molar refractivity (Wildman–Crippen MR) is 72.8 cm³/mol. The van der Waals surface area contributed by atoms with Crippen LogP contribution in [0, 0.1) is 5.82 Å². The Balaban J connectivity index is 2.31. The lowest BCUT2D eigenvalue weighted by Gasteiger charge is -2.12. The van der Waals surface area contributed by atoms with Gasteiger partial charge in [0.25, 0.3) is 0 Å². The molecule has 0 amide bonds. The molecule has 1 aromatic heterocycles. The van der Waals surface area contributed by atoms with Crippen molar-refractivity contribution >= 4 is 23.4 Å². The van der Waals surface area contributed by atoms with Crippen molar-refractivity contribution in [2.75, 3.05) is 17.2 Å². The Bertz CT molecular complexity index is 704. The number of halogens is 4. The van der Waals surface area contributed by atoms with Gasteiger partial charge in [-0.25, -0.2) is 9.37 Å². The highest BCUT2D eigenvalue weighted by molar-refractivity contribution is 5.72. The van der Waals surface area contributed by atoms with Gasteiger partial charge in [0.1, 0.15) is 18.2 Å². The Kier molecular flexibility index (Phi) is 4.63. The van der Waals surface area contributed by atoms with Crippen molar-refractivity contribution in [2.24, 2.45) is 0 Å². The van der Waals surface area contributed by atoms with Crippen molar-refractivity contribution in [3.8, 4) is 0 Å². The summed E-state index contributed by atoms with van der Waals surface area (Å²) in [5.41, 5.74) is -0.938. The molecule has 0 spiro atoms. The van der Waals surface area contributed by atoms with Crippen LogP contribution < -0.4 is 10.6 Å². The molecule has 1 aromatic carbocycles. The number of hydrogen-bond donors (Lipinski definition) is 3. The monoisotopic (exact) mass is 330 g/mol. The Morgan fingerprint density at radius 1 is 1.17 bits per heavy atom. The third kappa shape index (κ3) is 4.80. The molecule has 2 rings (SSSR count). The fourth-order valence-electron chi connectivity index (χ4n) is 1.57. The maximum atomic E-state index is 12.8. The molecule has 0 aliphatic heterocycles. The first kappa shape index (κ1) is 16.5. The van der Waals surface area contributed by atoms with E-state index in [-0.39, 0.29) is 5.82 Å². The summed E-state index contributed by atoms with van der Waals surface area (Å²) in [7, 11) is 0. The van der Waals surface area contributed by atoms with Gasteiger partial charge in [0, 0.05) is 11.8 Å². The minimum Gasteiger partial charge on any atom is -0.480 e. The van der Waals surface area contributed by atoms with E-state index in [4.69, 9.17) is 5.11 Å². The smallest absolute Gasteiger partial charge is 0.433 e. The lowest BCUT2D eigenvalue weighted by Crippen LogP contribution is -2.17. The van der Waals surface area contributed by atoms with Gasteiger partial charge in [-0.2, -0.15) is 18.2 Å². The minimum atomic E-state index is -4.73. The zero-order valence-corrected chi connectivity index (χ0v) is 11.4. The predicted octanol–water partition coefficient (Wildman–Crippen LogP) is 2.87. The largest absolute Gasteiger partial charge is 0.480 e. The number of nitrogens with zero attached hydrogens (tertiary/aromatic N) is 2. The van der Waals surface area contributed by atoms with E-state index in [0.29, 0.717) is 11.8 Å². The van der Waals surface area contributed by atoms with Gasteiger partial charge in [-0.1, -0.05) is 0 Å². The number of anilines is 3. The van der Waals surface area contributed by atoms with Crippen LogP contribution in [-0.2, 0) is 11.0 Å². The summed E-state index contributed by atoms with van der Waals surface area (Å²) < 4.78 is 51.3. The van der Waals surface area contributed by atoms with E-state index in [1.807, 2.05) is 0 Å². The van der Waals surface area contributed by atoms with Gasteiger partial charge >= 0.3 is 12.1 Å². The van der Waals surface area contributed by atoms with E-state index in [0.717, 1.165) is 12.1 Å². The molecule has 0 bridgehead atoms. The molecule has 0 unspecified atom stereocenters. The number of aliphatic carboxylic acids is 1. The molecule has 6 nitrogen and oxygen atoms in total. The molecule has 0 radical (unpaired) electrons. The number of hydrogen-bond acceptors (Lipinski definition) is 5. The van der Waals surface area contributed by atoms with E-state index >= 15 is 0 Å². The SMILES string of the molecule is O=C(O)CNc1nc(Nc2ccc(F)cc2)cc(C(F)(F)F)n1. The standard InChI is InChI=1S/C13H10F4N4O2/c14-7-1-3-8(4-2-7)19-10-5-9(13(15,16)17)20-12(21-10)18-6-11(22)23/h1-5H,6H2,(H,22,23)(H2,18,19,20,21). The number of rotatable bonds is 5. The van der Waals surface area contributed by atoms with Gasteiger partial charge in [-0.3, -0.25) is 4.79 Å². The van der Waals surface area contributed by atoms with Crippen LogP contribution in [0.5, 0.6) is 0 Å². The summed E-state index contributed by atoms with van der Waals surface area (Å²) in [6, 6.07) is 5.54. The molecule has 0 atom stereocenters. The van der Waals surface area contributed by atoms with E-state index < -0.39 is 36.1 Å². The number of benzene rings is 1. The highest BCUT2D eigenvalue weighted by atomic mass is 19.4. The van der Waals surface area contributed by atoms with E-state index in [9.17, 15) is 22.4 Å². The fourth-order valence-corrected chi connectivity index (χ4v) is 1.57. The highest BCUT2D eigenvalue weighted by Gasteiger charge is 2.33. The fraction of sp³-hybridized carbons (Fsp3) is 0.154. The molecular formula is C13H10F4N4O2. The average molecular weight is 330 g/mol. The van der Waals surface area contributed by atoms with Crippen molar-refractivity contribution in [3.05, 3.63) is 41.8 Å². The second-order valence-corrected chi connectivity index (χ2v) is 4.34. The molecule has 1 heterocycles. The molecule has 0 aliphatic carbocycles. The zero-order valence-electron chi connectivity index (χ0n) is 11.4. The van der Waals surface area contributed by atoms with Crippen molar-refractivity contribution in [3.63, 3.8) is 0 Å². The summed E-state index contributed by atoms with van der Waals surface area (Å²) in [4.78, 5) is 17.4. The molecule has 122 valence electrons. The number of aromatic nitrogens is 2. The molecule has 2 aromatic rings. The molecule has 3 N–H and O–H groups in total. The normalized spacial score (nSPS) is 11.1. The third-order valence-electron chi connectivity index (χ3n) is 2.53. The number of alkyl halides is 3. The van der Waals surface area contributed by atoms with Gasteiger partial charge in [0.2, 0.25) is 5.95 Å². The Morgan fingerprint density at radius 3 is 2.39 bits per heavy atom. The minimum absolute atomic E-state index is 0.216. The Hall–Kier alpha value is -2.91. The maximum absolute atomic E-state index is 12.8. The average Bonchev–Trinajstić information content (AvgIpc) is 2.46. The van der Waals surface area contributed by atoms with Crippen LogP contribution in [0.15, 0.2) is 30.3 Å². The first-order valence-electron chi connectivity index (χ1n) is 6.18. The number of carboxylic acids is 1. The lowest BCUT2D eigenvalue weighted by atomic mass is 10.3. The van der Waals surface area contributed by atoms with Crippen LogP contribution in [0.2, 0.25) is 0 Å². The number of carboxylic acid groups (broad SMARTS) is 1. The quantitative estimate of drug-likeness (QED) is 0.731. The summed E-state index contributed by atoms with van der Waals surface area (Å²) in [5, 5.41) is 13.3. The van der Waals surface area contributed by atoms with Crippen molar-refractivity contribution < 1.29 is 27.5 Å². The van der Waals surface area contributed by atoms with Crippen LogP contribution in [0.1, 0.15) is 5.69 Å². The second kappa shape index (κ2) is 6.46. The van der Waals surface area contributed by atoms with Crippen LogP contribution in [-0.4, -0.2) is 27.6 Å². The molecule has 0 saturated carbocycles. The molecule has 0 saturated heterocycles. The number of nitrogens with one attached hydrogen (secondary N) is 2. The molecular weight excluding hydrogens is 320 g/mol. The Morgan fingerprint density at radius 2 is 1.83 bits per heavy atom. The van der Waals surface area contributed by atoms with Crippen molar-refractivity contribution in [1.82, 2.24) is 9.97 Å². The van der Waals surface area contributed by atoms with E-state index in [1.165, 1.54) is 12.1 Å². The van der Waals surface area contributed by atoms with Gasteiger partial charge in [-0.05, 0) is 24.3 Å². The van der Waals surface area contributed by atoms with Crippen molar-refractivity contribution in [1.29, 1.82) is 0 Å². The summed E-state index contributed by atoms with van der Waals surface area (Å²) in [5.74, 6) is -2.49. The summed E-state index contributed by atoms with van der Waals surface area (Å²) in [6.07, 6.45) is -4.73. The van der Waals surface area contributed by atoms with E-state index in [1.54, 1.807) is 0 Å². The second-order valence-electron chi connectivity index (χ2n) is 4.34.